The third-order valence-corrected chi connectivity index (χ3v) is 3.86. The smallest absolute Gasteiger partial charge is 0.258 e. The van der Waals surface area contributed by atoms with E-state index in [0.717, 1.165) is 41.5 Å². The molecule has 1 aromatic carbocycles. The average molecular weight is 288 g/mol. The fourth-order valence-electron chi connectivity index (χ4n) is 2.67. The summed E-state index contributed by atoms with van der Waals surface area (Å²) in [7, 11) is 0. The zero-order valence-electron chi connectivity index (χ0n) is 11.8. The van der Waals surface area contributed by atoms with Crippen molar-refractivity contribution in [3.8, 4) is 23.0 Å². The van der Waals surface area contributed by atoms with Gasteiger partial charge in [0, 0.05) is 18.1 Å². The van der Waals surface area contributed by atoms with E-state index < -0.39 is 0 Å². The van der Waals surface area contributed by atoms with Gasteiger partial charge >= 0.3 is 0 Å². The zero-order valence-corrected chi connectivity index (χ0v) is 11.8. The number of rotatable bonds is 2. The lowest BCUT2D eigenvalue weighted by molar-refractivity contribution is 0.171. The first-order chi connectivity index (χ1) is 10.3. The largest absolute Gasteiger partial charge is 0.486 e. The van der Waals surface area contributed by atoms with Gasteiger partial charge in [-0.2, -0.15) is 4.98 Å². The van der Waals surface area contributed by atoms with Crippen LogP contribution >= 0.6 is 0 Å². The maximum absolute atomic E-state index is 5.61. The van der Waals surface area contributed by atoms with E-state index in [0.29, 0.717) is 25.7 Å². The molecule has 0 N–H and O–H groups in total. The molecular formula is C15H16N2O4. The molecule has 1 aromatic heterocycles. The molecule has 0 radical (unpaired) electrons. The van der Waals surface area contributed by atoms with Gasteiger partial charge in [-0.05, 0) is 31.0 Å². The highest BCUT2D eigenvalue weighted by Crippen LogP contribution is 2.37. The third kappa shape index (κ3) is 2.25. The Balaban J connectivity index is 1.69. The van der Waals surface area contributed by atoms with Crippen molar-refractivity contribution in [2.24, 2.45) is 0 Å². The van der Waals surface area contributed by atoms with Crippen molar-refractivity contribution in [3.63, 3.8) is 0 Å². The number of aryl methyl sites for hydroxylation is 1. The standard InChI is InChI=1S/C15H16N2O4/c1-9-6-12-13(20-5-4-19-12)7-11(9)15-16-14(17-21-15)10-2-3-18-8-10/h6-7,10H,2-5,8H2,1H3/t10-/m0/s1. The Morgan fingerprint density at radius 2 is 1.90 bits per heavy atom. The maximum Gasteiger partial charge on any atom is 0.258 e. The van der Waals surface area contributed by atoms with Crippen molar-refractivity contribution < 1.29 is 18.7 Å². The van der Waals surface area contributed by atoms with E-state index in [-0.39, 0.29) is 5.92 Å². The van der Waals surface area contributed by atoms with Gasteiger partial charge in [0.1, 0.15) is 13.2 Å². The van der Waals surface area contributed by atoms with Crippen LogP contribution in [0.3, 0.4) is 0 Å². The molecule has 2 aliphatic rings. The Hall–Kier alpha value is -2.08. The first-order valence-electron chi connectivity index (χ1n) is 7.13. The van der Waals surface area contributed by atoms with E-state index in [9.17, 15) is 0 Å². The van der Waals surface area contributed by atoms with Crippen molar-refractivity contribution >= 4 is 0 Å². The second kappa shape index (κ2) is 5.04. The number of hydrogen-bond acceptors (Lipinski definition) is 6. The van der Waals surface area contributed by atoms with Crippen molar-refractivity contribution in [2.75, 3.05) is 26.4 Å². The third-order valence-electron chi connectivity index (χ3n) is 3.86. The minimum Gasteiger partial charge on any atom is -0.486 e. The normalized spacial score (nSPS) is 20.7. The quantitative estimate of drug-likeness (QED) is 0.845. The van der Waals surface area contributed by atoms with Gasteiger partial charge in [-0.1, -0.05) is 5.16 Å². The van der Waals surface area contributed by atoms with Crippen molar-refractivity contribution in [2.45, 2.75) is 19.3 Å². The number of benzene rings is 1. The van der Waals surface area contributed by atoms with Crippen LogP contribution in [0.1, 0.15) is 23.7 Å². The number of nitrogens with zero attached hydrogens (tertiary/aromatic N) is 2. The Bertz CT molecular complexity index is 662. The molecule has 6 nitrogen and oxygen atoms in total. The molecule has 21 heavy (non-hydrogen) atoms. The summed E-state index contributed by atoms with van der Waals surface area (Å²) in [6.45, 7) is 4.56. The minimum atomic E-state index is 0.236. The van der Waals surface area contributed by atoms with Crippen molar-refractivity contribution in [1.29, 1.82) is 0 Å². The highest BCUT2D eigenvalue weighted by molar-refractivity contribution is 5.64. The van der Waals surface area contributed by atoms with E-state index >= 15 is 0 Å². The molecule has 0 amide bonds. The van der Waals surface area contributed by atoms with E-state index in [4.69, 9.17) is 18.7 Å². The van der Waals surface area contributed by atoms with Gasteiger partial charge in [0.2, 0.25) is 0 Å². The van der Waals surface area contributed by atoms with Crippen LogP contribution in [0.2, 0.25) is 0 Å². The van der Waals surface area contributed by atoms with Gasteiger partial charge in [0.15, 0.2) is 17.3 Å². The summed E-state index contributed by atoms with van der Waals surface area (Å²) in [4.78, 5) is 4.52. The summed E-state index contributed by atoms with van der Waals surface area (Å²) in [6.07, 6.45) is 0.944. The second-order valence-corrected chi connectivity index (χ2v) is 5.33. The van der Waals surface area contributed by atoms with Gasteiger partial charge in [-0.3, -0.25) is 0 Å². The monoisotopic (exact) mass is 288 g/mol. The van der Waals surface area contributed by atoms with E-state index in [1.54, 1.807) is 0 Å². The number of ether oxygens (including phenoxy) is 3. The highest BCUT2D eigenvalue weighted by Gasteiger charge is 2.24. The van der Waals surface area contributed by atoms with Gasteiger partial charge in [-0.25, -0.2) is 0 Å². The minimum absolute atomic E-state index is 0.236. The Labute approximate surface area is 122 Å². The molecule has 0 saturated carbocycles. The van der Waals surface area contributed by atoms with Crippen molar-refractivity contribution in [1.82, 2.24) is 10.1 Å². The summed E-state index contributed by atoms with van der Waals surface area (Å²) < 4.78 is 22.0. The molecule has 2 aliphatic heterocycles. The molecule has 0 aliphatic carbocycles. The molecule has 1 atom stereocenters. The van der Waals surface area contributed by atoms with Crippen LogP contribution in [0.15, 0.2) is 16.7 Å². The summed E-state index contributed by atoms with van der Waals surface area (Å²) in [5.74, 6) is 2.97. The van der Waals surface area contributed by atoms with Crippen molar-refractivity contribution in [3.05, 3.63) is 23.5 Å². The lowest BCUT2D eigenvalue weighted by Crippen LogP contribution is -2.15. The van der Waals surface area contributed by atoms with E-state index in [1.165, 1.54) is 0 Å². The van der Waals surface area contributed by atoms with Crippen LogP contribution in [-0.2, 0) is 4.74 Å². The van der Waals surface area contributed by atoms with Gasteiger partial charge in [0.25, 0.3) is 5.89 Å². The topological polar surface area (TPSA) is 66.6 Å². The fraction of sp³-hybridized carbons (Fsp3) is 0.467. The van der Waals surface area contributed by atoms with Crippen LogP contribution in [-0.4, -0.2) is 36.6 Å². The molecule has 1 saturated heterocycles. The highest BCUT2D eigenvalue weighted by atomic mass is 16.6. The first kappa shape index (κ1) is 12.6. The number of aromatic nitrogens is 2. The number of fused-ring (bicyclic) bond motifs is 1. The Morgan fingerprint density at radius 3 is 2.67 bits per heavy atom. The molecule has 0 unspecified atom stereocenters. The molecule has 1 fully saturated rings. The predicted molar refractivity (Wildman–Crippen MR) is 73.6 cm³/mol. The second-order valence-electron chi connectivity index (χ2n) is 5.33. The Kier molecular flexibility index (Phi) is 3.03. The van der Waals surface area contributed by atoms with Crippen LogP contribution in [0.5, 0.6) is 11.5 Å². The Morgan fingerprint density at radius 1 is 1.10 bits per heavy atom. The SMILES string of the molecule is Cc1cc2c(cc1-c1nc([C@H]3CCOC3)no1)OCCO2. The van der Waals surface area contributed by atoms with Crippen LogP contribution < -0.4 is 9.47 Å². The summed E-state index contributed by atoms with van der Waals surface area (Å²) in [5, 5.41) is 4.09. The molecule has 4 rings (SSSR count). The number of hydrogen-bond donors (Lipinski definition) is 0. The summed E-state index contributed by atoms with van der Waals surface area (Å²) in [6, 6.07) is 3.86. The summed E-state index contributed by atoms with van der Waals surface area (Å²) >= 11 is 0. The molecule has 0 bridgehead atoms. The van der Waals surface area contributed by atoms with E-state index in [2.05, 4.69) is 10.1 Å². The first-order valence-corrected chi connectivity index (χ1v) is 7.13. The molecule has 3 heterocycles. The average Bonchev–Trinajstić information content (AvgIpc) is 3.17. The van der Waals surface area contributed by atoms with Gasteiger partial charge < -0.3 is 18.7 Å². The lowest BCUT2D eigenvalue weighted by atomic mass is 10.1. The molecular weight excluding hydrogens is 272 g/mol. The fourth-order valence-corrected chi connectivity index (χ4v) is 2.67. The van der Waals surface area contributed by atoms with Gasteiger partial charge in [-0.15, -0.1) is 0 Å². The maximum atomic E-state index is 5.61. The lowest BCUT2D eigenvalue weighted by Gasteiger charge is -2.19. The molecule has 2 aromatic rings. The predicted octanol–water partition coefficient (Wildman–Crippen LogP) is 2.32. The molecule has 6 heteroatoms. The molecule has 110 valence electrons. The van der Waals surface area contributed by atoms with E-state index in [1.807, 2.05) is 19.1 Å². The zero-order chi connectivity index (χ0) is 14.2. The van der Waals surface area contributed by atoms with Crippen LogP contribution in [0.4, 0.5) is 0 Å². The van der Waals surface area contributed by atoms with Crippen LogP contribution in [0, 0.1) is 6.92 Å². The van der Waals surface area contributed by atoms with Gasteiger partial charge in [0.05, 0.1) is 6.61 Å². The van der Waals surface area contributed by atoms with Crippen LogP contribution in [0.25, 0.3) is 11.5 Å². The summed E-state index contributed by atoms with van der Waals surface area (Å²) in [5.41, 5.74) is 1.91. The molecule has 0 spiro atoms.